The van der Waals surface area contributed by atoms with E-state index in [1.807, 2.05) is 6.92 Å². The van der Waals surface area contributed by atoms with Crippen molar-refractivity contribution in [3.05, 3.63) is 35.4 Å². The minimum atomic E-state index is -0.0767. The molecule has 1 aromatic rings. The Morgan fingerprint density at radius 1 is 1.27 bits per heavy atom. The summed E-state index contributed by atoms with van der Waals surface area (Å²) in [4.78, 5) is 14.1. The molecule has 0 aromatic heterocycles. The first-order valence-corrected chi connectivity index (χ1v) is 7.39. The van der Waals surface area contributed by atoms with E-state index < -0.39 is 0 Å². The molecule has 0 bridgehead atoms. The van der Waals surface area contributed by atoms with Crippen molar-refractivity contribution in [3.63, 3.8) is 0 Å². The minimum Gasteiger partial charge on any atom is -0.354 e. The van der Waals surface area contributed by atoms with E-state index in [2.05, 4.69) is 41.4 Å². The van der Waals surface area contributed by atoms with Crippen molar-refractivity contribution >= 4 is 30.7 Å². The van der Waals surface area contributed by atoms with E-state index >= 15 is 0 Å². The Bertz CT molecular complexity index is 468. The molecule has 2 rings (SSSR count). The highest BCUT2D eigenvalue weighted by atomic mass is 35.5. The van der Waals surface area contributed by atoms with E-state index in [0.29, 0.717) is 19.0 Å². The molecule has 0 fully saturated rings. The lowest BCUT2D eigenvalue weighted by Gasteiger charge is -2.33. The van der Waals surface area contributed by atoms with Gasteiger partial charge in [-0.3, -0.25) is 9.69 Å². The fraction of sp³-hybridized carbons (Fsp3) is 0.562. The number of halogens is 2. The Kier molecular flexibility index (Phi) is 9.69. The van der Waals surface area contributed by atoms with Gasteiger partial charge in [-0.05, 0) is 31.4 Å². The zero-order valence-corrected chi connectivity index (χ0v) is 14.9. The lowest BCUT2D eigenvalue weighted by Crippen LogP contribution is -2.44. The van der Waals surface area contributed by atoms with E-state index in [1.165, 1.54) is 11.1 Å². The number of nitrogens with zero attached hydrogens (tertiary/aromatic N) is 1. The largest absolute Gasteiger partial charge is 0.354 e. The van der Waals surface area contributed by atoms with Crippen molar-refractivity contribution in [1.29, 1.82) is 0 Å². The van der Waals surface area contributed by atoms with Crippen LogP contribution in [0.4, 0.5) is 0 Å². The number of hydrogen-bond donors (Lipinski definition) is 2. The molecule has 1 aromatic carbocycles. The molecule has 3 N–H and O–H groups in total. The van der Waals surface area contributed by atoms with Crippen molar-refractivity contribution in [2.24, 2.45) is 5.73 Å². The Morgan fingerprint density at radius 2 is 1.91 bits per heavy atom. The van der Waals surface area contributed by atoms with Crippen molar-refractivity contribution < 1.29 is 4.79 Å². The van der Waals surface area contributed by atoms with Crippen LogP contribution >= 0.6 is 24.8 Å². The van der Waals surface area contributed by atoms with Crippen molar-refractivity contribution in [1.82, 2.24) is 10.2 Å². The average Bonchev–Trinajstić information content (AvgIpc) is 2.43. The average molecular weight is 348 g/mol. The lowest BCUT2D eigenvalue weighted by atomic mass is 9.99. The summed E-state index contributed by atoms with van der Waals surface area (Å²) in [5, 5.41) is 2.97. The second-order valence-corrected chi connectivity index (χ2v) is 5.82. The molecule has 22 heavy (non-hydrogen) atoms. The standard InChI is InChI=1S/C16H25N3O.2ClH/c1-12(17)9-16(20)18-10-13(2)19-8-7-14-5-3-4-6-15(14)11-19;;/h3-6,12-13H,7-11,17H2,1-2H3,(H,18,20);2*1H. The number of hydrogen-bond acceptors (Lipinski definition) is 3. The number of rotatable bonds is 5. The summed E-state index contributed by atoms with van der Waals surface area (Å²) < 4.78 is 0. The van der Waals surface area contributed by atoms with Crippen molar-refractivity contribution in [2.75, 3.05) is 13.1 Å². The highest BCUT2D eigenvalue weighted by molar-refractivity contribution is 5.85. The van der Waals surface area contributed by atoms with Gasteiger partial charge in [0.05, 0.1) is 0 Å². The Morgan fingerprint density at radius 3 is 2.55 bits per heavy atom. The summed E-state index contributed by atoms with van der Waals surface area (Å²) in [6.07, 6.45) is 1.49. The second kappa shape index (κ2) is 10.1. The molecule has 1 aliphatic heterocycles. The van der Waals surface area contributed by atoms with Crippen molar-refractivity contribution in [3.8, 4) is 0 Å². The molecular weight excluding hydrogens is 321 g/mol. The molecule has 1 amide bonds. The van der Waals surface area contributed by atoms with Crippen LogP contribution in [-0.2, 0) is 17.8 Å². The molecule has 126 valence electrons. The maximum absolute atomic E-state index is 11.6. The van der Waals surface area contributed by atoms with E-state index in [9.17, 15) is 4.79 Å². The summed E-state index contributed by atoms with van der Waals surface area (Å²) in [5.74, 6) is 0.0456. The van der Waals surface area contributed by atoms with E-state index in [4.69, 9.17) is 5.73 Å². The van der Waals surface area contributed by atoms with Gasteiger partial charge in [0.1, 0.15) is 0 Å². The van der Waals surface area contributed by atoms with E-state index in [-0.39, 0.29) is 36.8 Å². The fourth-order valence-corrected chi connectivity index (χ4v) is 2.65. The zero-order chi connectivity index (χ0) is 14.5. The maximum Gasteiger partial charge on any atom is 0.221 e. The zero-order valence-electron chi connectivity index (χ0n) is 13.2. The second-order valence-electron chi connectivity index (χ2n) is 5.82. The van der Waals surface area contributed by atoms with Gasteiger partial charge >= 0.3 is 0 Å². The van der Waals surface area contributed by atoms with Crippen LogP contribution in [0, 0.1) is 0 Å². The summed E-state index contributed by atoms with van der Waals surface area (Å²) >= 11 is 0. The van der Waals surface area contributed by atoms with Crippen LogP contribution in [0.15, 0.2) is 24.3 Å². The smallest absolute Gasteiger partial charge is 0.221 e. The SMILES string of the molecule is CC(N)CC(=O)NCC(C)N1CCc2ccccc2C1.Cl.Cl. The van der Waals surface area contributed by atoms with Gasteiger partial charge in [-0.2, -0.15) is 0 Å². The van der Waals surface area contributed by atoms with Gasteiger partial charge in [-0.25, -0.2) is 0 Å². The molecule has 4 nitrogen and oxygen atoms in total. The van der Waals surface area contributed by atoms with E-state index in [0.717, 1.165) is 19.5 Å². The molecule has 2 unspecified atom stereocenters. The number of benzene rings is 1. The molecular formula is C16H27Cl2N3O. The molecule has 1 heterocycles. The molecule has 0 saturated heterocycles. The lowest BCUT2D eigenvalue weighted by molar-refractivity contribution is -0.121. The van der Waals surface area contributed by atoms with Gasteiger partial charge in [-0.15, -0.1) is 24.8 Å². The van der Waals surface area contributed by atoms with Crippen LogP contribution in [0.1, 0.15) is 31.4 Å². The Balaban J connectivity index is 0.00000220. The number of fused-ring (bicyclic) bond motifs is 1. The molecule has 0 aliphatic carbocycles. The third kappa shape index (κ3) is 6.13. The molecule has 0 spiro atoms. The molecule has 0 radical (unpaired) electrons. The van der Waals surface area contributed by atoms with Crippen LogP contribution < -0.4 is 11.1 Å². The monoisotopic (exact) mass is 347 g/mol. The highest BCUT2D eigenvalue weighted by Crippen LogP contribution is 2.19. The summed E-state index contributed by atoms with van der Waals surface area (Å²) in [5.41, 5.74) is 8.49. The third-order valence-corrected chi connectivity index (χ3v) is 3.89. The van der Waals surface area contributed by atoms with Gasteiger partial charge in [0.15, 0.2) is 0 Å². The highest BCUT2D eigenvalue weighted by Gasteiger charge is 2.20. The summed E-state index contributed by atoms with van der Waals surface area (Å²) in [7, 11) is 0. The predicted octanol–water partition coefficient (Wildman–Crippen LogP) is 2.13. The third-order valence-electron chi connectivity index (χ3n) is 3.89. The Labute approximate surface area is 145 Å². The molecule has 2 atom stereocenters. The van der Waals surface area contributed by atoms with Gasteiger partial charge in [-0.1, -0.05) is 24.3 Å². The number of nitrogens with two attached hydrogens (primary N) is 1. The molecule has 0 saturated carbocycles. The van der Waals surface area contributed by atoms with Crippen LogP contribution in [0.25, 0.3) is 0 Å². The normalized spacial score (nSPS) is 16.5. The van der Waals surface area contributed by atoms with Gasteiger partial charge in [0, 0.05) is 38.1 Å². The molecule has 1 aliphatic rings. The Hall–Kier alpha value is -0.810. The van der Waals surface area contributed by atoms with E-state index in [1.54, 1.807) is 0 Å². The van der Waals surface area contributed by atoms with Gasteiger partial charge < -0.3 is 11.1 Å². The summed E-state index contributed by atoms with van der Waals surface area (Å²) in [6, 6.07) is 8.88. The first-order chi connectivity index (χ1) is 9.56. The molecule has 6 heteroatoms. The fourth-order valence-electron chi connectivity index (χ4n) is 2.65. The van der Waals surface area contributed by atoms with Crippen LogP contribution in [-0.4, -0.2) is 36.0 Å². The first kappa shape index (κ1) is 21.2. The van der Waals surface area contributed by atoms with Crippen LogP contribution in [0.5, 0.6) is 0 Å². The first-order valence-electron chi connectivity index (χ1n) is 7.39. The van der Waals surface area contributed by atoms with Gasteiger partial charge in [0.25, 0.3) is 0 Å². The maximum atomic E-state index is 11.6. The minimum absolute atomic E-state index is 0. The van der Waals surface area contributed by atoms with Gasteiger partial charge in [0.2, 0.25) is 5.91 Å². The summed E-state index contributed by atoms with van der Waals surface area (Å²) in [6.45, 7) is 6.74. The quantitative estimate of drug-likeness (QED) is 0.857. The topological polar surface area (TPSA) is 58.4 Å². The van der Waals surface area contributed by atoms with Crippen LogP contribution in [0.2, 0.25) is 0 Å². The number of carbonyl (C=O) groups is 1. The number of nitrogens with one attached hydrogen (secondary N) is 1. The van der Waals surface area contributed by atoms with Crippen molar-refractivity contribution in [2.45, 2.75) is 45.3 Å². The van der Waals surface area contributed by atoms with Crippen LogP contribution in [0.3, 0.4) is 0 Å². The predicted molar refractivity (Wildman–Crippen MR) is 95.8 cm³/mol. The number of amides is 1. The number of carbonyl (C=O) groups excluding carboxylic acids is 1.